The van der Waals surface area contributed by atoms with Gasteiger partial charge in [-0.15, -0.1) is 11.3 Å². The van der Waals surface area contributed by atoms with Crippen LogP contribution in [-0.2, 0) is 10.2 Å². The van der Waals surface area contributed by atoms with Crippen molar-refractivity contribution < 1.29 is 4.79 Å². The van der Waals surface area contributed by atoms with Crippen LogP contribution in [0.5, 0.6) is 0 Å². The molecule has 0 unspecified atom stereocenters. The van der Waals surface area contributed by atoms with Crippen molar-refractivity contribution in [3.05, 3.63) is 22.4 Å². The molecule has 1 saturated carbocycles. The Labute approximate surface area is 167 Å². The van der Waals surface area contributed by atoms with Gasteiger partial charge >= 0.3 is 0 Å². The van der Waals surface area contributed by atoms with Crippen LogP contribution in [0.4, 0.5) is 0 Å². The smallest absolute Gasteiger partial charge is 0.219 e. The molecule has 0 radical (unpaired) electrons. The van der Waals surface area contributed by atoms with Crippen LogP contribution in [0, 0.1) is 5.92 Å². The molecule has 6 heteroatoms. The number of carbonyl (C=O) groups excluding carboxylic acids is 1. The van der Waals surface area contributed by atoms with E-state index in [1.165, 1.54) is 37.0 Å². The Bertz CT molecular complexity index is 614. The number of amides is 1. The van der Waals surface area contributed by atoms with Gasteiger partial charge in [-0.3, -0.25) is 9.79 Å². The number of aliphatic imine (C=N–C) groups is 1. The van der Waals surface area contributed by atoms with Crippen LogP contribution in [-0.4, -0.2) is 50.0 Å². The van der Waals surface area contributed by atoms with Crippen molar-refractivity contribution in [3.63, 3.8) is 0 Å². The summed E-state index contributed by atoms with van der Waals surface area (Å²) in [6.07, 6.45) is 8.67. The van der Waals surface area contributed by atoms with E-state index in [0.29, 0.717) is 5.92 Å². The number of carbonyl (C=O) groups is 1. The number of hydrogen-bond donors (Lipinski definition) is 2. The van der Waals surface area contributed by atoms with Gasteiger partial charge < -0.3 is 15.5 Å². The van der Waals surface area contributed by atoms with Crippen molar-refractivity contribution in [1.82, 2.24) is 15.5 Å². The number of nitrogens with zero attached hydrogens (tertiary/aromatic N) is 2. The summed E-state index contributed by atoms with van der Waals surface area (Å²) in [5.41, 5.74) is 0.261. The van der Waals surface area contributed by atoms with E-state index in [2.05, 4.69) is 33.1 Å². The van der Waals surface area contributed by atoms with Gasteiger partial charge in [0.2, 0.25) is 5.91 Å². The van der Waals surface area contributed by atoms with Gasteiger partial charge in [-0.1, -0.05) is 25.3 Å². The maximum absolute atomic E-state index is 11.5. The first-order valence-electron chi connectivity index (χ1n) is 10.4. The number of likely N-dealkylation sites (tertiary alicyclic amines) is 1. The number of hydrogen-bond acceptors (Lipinski definition) is 3. The molecule has 5 nitrogen and oxygen atoms in total. The third-order valence-corrected chi connectivity index (χ3v) is 7.41. The summed E-state index contributed by atoms with van der Waals surface area (Å²) in [5.74, 6) is 1.72. The fourth-order valence-corrected chi connectivity index (χ4v) is 5.47. The van der Waals surface area contributed by atoms with E-state index in [0.717, 1.165) is 45.0 Å². The van der Waals surface area contributed by atoms with Gasteiger partial charge in [0, 0.05) is 50.4 Å². The van der Waals surface area contributed by atoms with E-state index in [9.17, 15) is 4.79 Å². The average Bonchev–Trinajstić information content (AvgIpc) is 3.25. The lowest BCUT2D eigenvalue weighted by Gasteiger charge is -2.37. The molecule has 1 amide bonds. The normalized spacial score (nSPS) is 21.1. The molecule has 0 aromatic carbocycles. The van der Waals surface area contributed by atoms with E-state index in [-0.39, 0.29) is 11.3 Å². The van der Waals surface area contributed by atoms with E-state index in [4.69, 9.17) is 0 Å². The molecule has 2 heterocycles. The minimum absolute atomic E-state index is 0.199. The second-order valence-electron chi connectivity index (χ2n) is 8.07. The monoisotopic (exact) mass is 390 g/mol. The number of rotatable bonds is 5. The van der Waals surface area contributed by atoms with Crippen LogP contribution in [0.1, 0.15) is 56.7 Å². The van der Waals surface area contributed by atoms with Crippen molar-refractivity contribution in [3.8, 4) is 0 Å². The van der Waals surface area contributed by atoms with E-state index in [1.54, 1.807) is 6.92 Å². The molecule has 2 aliphatic rings. The lowest BCUT2D eigenvalue weighted by Crippen LogP contribution is -2.48. The molecule has 1 saturated heterocycles. The molecule has 2 fully saturated rings. The highest BCUT2D eigenvalue weighted by Crippen LogP contribution is 2.41. The molecule has 1 aliphatic heterocycles. The Morgan fingerprint density at radius 1 is 1.26 bits per heavy atom. The van der Waals surface area contributed by atoms with Crippen LogP contribution < -0.4 is 10.6 Å². The fourth-order valence-electron chi connectivity index (χ4n) is 4.49. The highest BCUT2D eigenvalue weighted by molar-refractivity contribution is 7.10. The summed E-state index contributed by atoms with van der Waals surface area (Å²) < 4.78 is 0. The van der Waals surface area contributed by atoms with Gasteiger partial charge in [-0.05, 0) is 43.0 Å². The molecule has 27 heavy (non-hydrogen) atoms. The second-order valence-corrected chi connectivity index (χ2v) is 9.02. The third-order valence-electron chi connectivity index (χ3n) is 6.29. The minimum atomic E-state index is 0.199. The van der Waals surface area contributed by atoms with Gasteiger partial charge in [0.05, 0.1) is 0 Å². The molecular formula is C21H34N4OS. The standard InChI is InChI=1S/C21H34N4OS/c1-17(26)25-12-8-18(9-13-25)15-23-20(22-2)24-16-21(10-4-3-5-11-21)19-7-6-14-27-19/h6-7,14,18H,3-5,8-13,15-16H2,1-2H3,(H2,22,23,24). The van der Waals surface area contributed by atoms with Gasteiger partial charge in [-0.2, -0.15) is 0 Å². The number of thiophene rings is 1. The molecule has 1 aliphatic carbocycles. The Balaban J connectivity index is 1.49. The lowest BCUT2D eigenvalue weighted by atomic mass is 9.73. The molecule has 1 aromatic heterocycles. The van der Waals surface area contributed by atoms with Gasteiger partial charge in [0.15, 0.2) is 5.96 Å². The molecule has 3 rings (SSSR count). The topological polar surface area (TPSA) is 56.7 Å². The fraction of sp³-hybridized carbons (Fsp3) is 0.714. The molecule has 0 spiro atoms. The number of guanidine groups is 1. The Hall–Kier alpha value is -1.56. The van der Waals surface area contributed by atoms with Crippen LogP contribution in [0.3, 0.4) is 0 Å². The molecule has 0 bridgehead atoms. The largest absolute Gasteiger partial charge is 0.356 e. The van der Waals surface area contributed by atoms with Crippen LogP contribution >= 0.6 is 11.3 Å². The summed E-state index contributed by atoms with van der Waals surface area (Å²) in [6, 6.07) is 4.48. The van der Waals surface area contributed by atoms with Crippen LogP contribution in [0.2, 0.25) is 0 Å². The first-order valence-corrected chi connectivity index (χ1v) is 11.2. The summed E-state index contributed by atoms with van der Waals surface area (Å²) in [6.45, 7) is 5.32. The van der Waals surface area contributed by atoms with Crippen LogP contribution in [0.15, 0.2) is 22.5 Å². The zero-order valence-electron chi connectivity index (χ0n) is 16.8. The first kappa shape index (κ1) is 20.2. The van der Waals surface area contributed by atoms with Crippen molar-refractivity contribution in [2.45, 2.75) is 57.3 Å². The summed E-state index contributed by atoms with van der Waals surface area (Å²) in [7, 11) is 1.85. The predicted octanol–water partition coefficient (Wildman–Crippen LogP) is 3.37. The maximum Gasteiger partial charge on any atom is 0.219 e. The molecule has 0 atom stereocenters. The Morgan fingerprint density at radius 2 is 2.00 bits per heavy atom. The third kappa shape index (κ3) is 5.24. The molecule has 1 aromatic rings. The van der Waals surface area contributed by atoms with Crippen molar-refractivity contribution in [1.29, 1.82) is 0 Å². The van der Waals surface area contributed by atoms with Crippen LogP contribution in [0.25, 0.3) is 0 Å². The van der Waals surface area contributed by atoms with E-state index < -0.39 is 0 Å². The molecule has 150 valence electrons. The van der Waals surface area contributed by atoms with Crippen molar-refractivity contribution in [2.24, 2.45) is 10.9 Å². The van der Waals surface area contributed by atoms with Gasteiger partial charge in [-0.25, -0.2) is 0 Å². The summed E-state index contributed by atoms with van der Waals surface area (Å²) in [5, 5.41) is 9.34. The molecule has 2 N–H and O–H groups in total. The number of nitrogens with one attached hydrogen (secondary N) is 2. The number of piperidine rings is 1. The second kappa shape index (κ2) is 9.58. The summed E-state index contributed by atoms with van der Waals surface area (Å²) >= 11 is 1.89. The quantitative estimate of drug-likeness (QED) is 0.599. The SMILES string of the molecule is CN=C(NCC1CCN(C(C)=O)CC1)NCC1(c2cccs2)CCCCC1. The Kier molecular flexibility index (Phi) is 7.16. The average molecular weight is 391 g/mol. The van der Waals surface area contributed by atoms with E-state index in [1.807, 2.05) is 23.3 Å². The highest BCUT2D eigenvalue weighted by Gasteiger charge is 2.35. The predicted molar refractivity (Wildman–Crippen MR) is 113 cm³/mol. The van der Waals surface area contributed by atoms with E-state index >= 15 is 0 Å². The van der Waals surface area contributed by atoms with Crippen molar-refractivity contribution >= 4 is 23.2 Å². The lowest BCUT2D eigenvalue weighted by molar-refractivity contribution is -0.130. The maximum atomic E-state index is 11.5. The zero-order chi connectivity index (χ0) is 19.1. The minimum Gasteiger partial charge on any atom is -0.356 e. The first-order chi connectivity index (χ1) is 13.1. The van der Waals surface area contributed by atoms with Gasteiger partial charge in [0.1, 0.15) is 0 Å². The highest BCUT2D eigenvalue weighted by atomic mass is 32.1. The van der Waals surface area contributed by atoms with Crippen molar-refractivity contribution in [2.75, 3.05) is 33.2 Å². The Morgan fingerprint density at radius 3 is 2.59 bits per heavy atom. The zero-order valence-corrected chi connectivity index (χ0v) is 17.6. The van der Waals surface area contributed by atoms with Gasteiger partial charge in [0.25, 0.3) is 0 Å². The molecular weight excluding hydrogens is 356 g/mol. The summed E-state index contributed by atoms with van der Waals surface area (Å²) in [4.78, 5) is 19.4.